The Morgan fingerprint density at radius 2 is 2.19 bits per heavy atom. The topological polar surface area (TPSA) is 55.9 Å². The molecule has 1 aromatic rings. The van der Waals surface area contributed by atoms with Gasteiger partial charge in [-0.15, -0.1) is 0 Å². The van der Waals surface area contributed by atoms with Crippen molar-refractivity contribution in [3.05, 3.63) is 12.4 Å². The molecule has 0 saturated heterocycles. The van der Waals surface area contributed by atoms with Crippen LogP contribution in [0.4, 0.5) is 5.95 Å². The van der Waals surface area contributed by atoms with Crippen LogP contribution in [0.1, 0.15) is 34.1 Å². The molecule has 16 heavy (non-hydrogen) atoms. The van der Waals surface area contributed by atoms with Crippen LogP contribution in [-0.4, -0.2) is 22.1 Å². The molecule has 0 fully saturated rings. The highest BCUT2D eigenvalue weighted by atomic mass is 15.2. The van der Waals surface area contributed by atoms with Gasteiger partial charge in [0.1, 0.15) is 0 Å². The molecule has 0 aliphatic carbocycles. The van der Waals surface area contributed by atoms with Gasteiger partial charge in [0.15, 0.2) is 0 Å². The Bertz CT molecular complexity index is 311. The molecule has 1 heterocycles. The van der Waals surface area contributed by atoms with Crippen LogP contribution < -0.4 is 11.1 Å². The minimum atomic E-state index is 0.184. The maximum atomic E-state index is 5.66. The molecule has 1 rings (SSSR count). The summed E-state index contributed by atoms with van der Waals surface area (Å²) in [5, 5.41) is 3.49. The fraction of sp³-hybridized carbons (Fsp3) is 0.750. The third-order valence-corrected chi connectivity index (χ3v) is 2.86. The van der Waals surface area contributed by atoms with Crippen molar-refractivity contribution in [2.45, 2.75) is 46.7 Å². The fourth-order valence-corrected chi connectivity index (χ4v) is 1.75. The van der Waals surface area contributed by atoms with Crippen LogP contribution in [0.2, 0.25) is 0 Å². The molecule has 4 nitrogen and oxygen atoms in total. The molecule has 0 spiro atoms. The van der Waals surface area contributed by atoms with Gasteiger partial charge in [-0.25, -0.2) is 4.98 Å². The standard InChI is InChI=1S/C12H24N4/c1-5-16-9-8-14-11(16)15-10(6-7-13)12(2,3)4/h8-10H,5-7,13H2,1-4H3,(H,14,15). The van der Waals surface area contributed by atoms with Crippen LogP contribution in [0, 0.1) is 5.41 Å². The Balaban J connectivity index is 2.75. The fourth-order valence-electron chi connectivity index (χ4n) is 1.75. The molecular weight excluding hydrogens is 200 g/mol. The van der Waals surface area contributed by atoms with E-state index >= 15 is 0 Å². The molecular formula is C12H24N4. The predicted molar refractivity (Wildman–Crippen MR) is 68.4 cm³/mol. The number of nitrogens with two attached hydrogens (primary N) is 1. The summed E-state index contributed by atoms with van der Waals surface area (Å²) in [5.74, 6) is 0.941. The van der Waals surface area contributed by atoms with Crippen molar-refractivity contribution >= 4 is 5.95 Å². The largest absolute Gasteiger partial charge is 0.352 e. The second kappa shape index (κ2) is 5.34. The zero-order valence-corrected chi connectivity index (χ0v) is 10.8. The third kappa shape index (κ3) is 3.23. The monoisotopic (exact) mass is 224 g/mol. The molecule has 1 aromatic heterocycles. The smallest absolute Gasteiger partial charge is 0.202 e. The average molecular weight is 224 g/mol. The van der Waals surface area contributed by atoms with Gasteiger partial charge in [-0.3, -0.25) is 0 Å². The first-order chi connectivity index (χ1) is 7.49. The van der Waals surface area contributed by atoms with Gasteiger partial charge < -0.3 is 15.6 Å². The van der Waals surface area contributed by atoms with Gasteiger partial charge in [0.2, 0.25) is 5.95 Å². The number of rotatable bonds is 5. The number of aromatic nitrogens is 2. The van der Waals surface area contributed by atoms with Crippen molar-refractivity contribution in [1.82, 2.24) is 9.55 Å². The van der Waals surface area contributed by atoms with Gasteiger partial charge in [-0.05, 0) is 25.3 Å². The molecule has 0 aromatic carbocycles. The lowest BCUT2D eigenvalue weighted by Gasteiger charge is -2.31. The summed E-state index contributed by atoms with van der Waals surface area (Å²) >= 11 is 0. The molecule has 4 heteroatoms. The van der Waals surface area contributed by atoms with Crippen molar-refractivity contribution in [2.24, 2.45) is 11.1 Å². The average Bonchev–Trinajstić information content (AvgIpc) is 2.63. The number of anilines is 1. The highest BCUT2D eigenvalue weighted by Gasteiger charge is 2.24. The number of hydrogen-bond acceptors (Lipinski definition) is 3. The molecule has 1 unspecified atom stereocenters. The normalized spacial score (nSPS) is 13.8. The van der Waals surface area contributed by atoms with Crippen LogP contribution >= 0.6 is 0 Å². The molecule has 0 radical (unpaired) electrons. The molecule has 0 amide bonds. The van der Waals surface area contributed by atoms with Crippen molar-refractivity contribution in [3.63, 3.8) is 0 Å². The molecule has 1 atom stereocenters. The lowest BCUT2D eigenvalue weighted by molar-refractivity contribution is 0.326. The van der Waals surface area contributed by atoms with Gasteiger partial charge in [0.25, 0.3) is 0 Å². The Morgan fingerprint density at radius 3 is 2.69 bits per heavy atom. The zero-order valence-electron chi connectivity index (χ0n) is 10.8. The van der Waals surface area contributed by atoms with Gasteiger partial charge >= 0.3 is 0 Å². The Hall–Kier alpha value is -1.03. The SMILES string of the molecule is CCn1ccnc1NC(CCN)C(C)(C)C. The molecule has 3 N–H and O–H groups in total. The second-order valence-electron chi connectivity index (χ2n) is 5.18. The maximum absolute atomic E-state index is 5.66. The maximum Gasteiger partial charge on any atom is 0.202 e. The van der Waals surface area contributed by atoms with E-state index in [-0.39, 0.29) is 5.41 Å². The van der Waals surface area contributed by atoms with E-state index in [0.29, 0.717) is 12.6 Å². The molecule has 92 valence electrons. The van der Waals surface area contributed by atoms with E-state index < -0.39 is 0 Å². The summed E-state index contributed by atoms with van der Waals surface area (Å²) in [6.45, 7) is 10.4. The lowest BCUT2D eigenvalue weighted by atomic mass is 9.85. The van der Waals surface area contributed by atoms with Crippen LogP contribution in [0.3, 0.4) is 0 Å². The molecule has 0 aliphatic heterocycles. The number of imidazole rings is 1. The van der Waals surface area contributed by atoms with Gasteiger partial charge in [-0.2, -0.15) is 0 Å². The minimum absolute atomic E-state index is 0.184. The van der Waals surface area contributed by atoms with Crippen molar-refractivity contribution < 1.29 is 0 Å². The van der Waals surface area contributed by atoms with Crippen molar-refractivity contribution in [2.75, 3.05) is 11.9 Å². The summed E-state index contributed by atoms with van der Waals surface area (Å²) in [6, 6.07) is 0.352. The van der Waals surface area contributed by atoms with E-state index in [1.165, 1.54) is 0 Å². The van der Waals surface area contributed by atoms with Crippen LogP contribution in [-0.2, 0) is 6.54 Å². The van der Waals surface area contributed by atoms with Crippen LogP contribution in [0.15, 0.2) is 12.4 Å². The highest BCUT2D eigenvalue weighted by molar-refractivity contribution is 5.28. The first-order valence-electron chi connectivity index (χ1n) is 5.96. The van der Waals surface area contributed by atoms with E-state index in [1.807, 2.05) is 12.4 Å². The summed E-state index contributed by atoms with van der Waals surface area (Å²) in [6.07, 6.45) is 4.78. The van der Waals surface area contributed by atoms with E-state index in [0.717, 1.165) is 18.9 Å². The number of aryl methyl sites for hydroxylation is 1. The summed E-state index contributed by atoms with van der Waals surface area (Å²) in [5.41, 5.74) is 5.84. The number of nitrogens with zero attached hydrogens (tertiary/aromatic N) is 2. The van der Waals surface area contributed by atoms with Crippen LogP contribution in [0.25, 0.3) is 0 Å². The summed E-state index contributed by atoms with van der Waals surface area (Å²) in [7, 11) is 0. The predicted octanol–water partition coefficient (Wildman–Crippen LogP) is 2.08. The molecule has 0 saturated carbocycles. The Kier molecular flexibility index (Phi) is 4.35. The third-order valence-electron chi connectivity index (χ3n) is 2.86. The van der Waals surface area contributed by atoms with E-state index in [9.17, 15) is 0 Å². The highest BCUT2D eigenvalue weighted by Crippen LogP contribution is 2.24. The van der Waals surface area contributed by atoms with E-state index in [4.69, 9.17) is 5.73 Å². The quantitative estimate of drug-likeness (QED) is 0.805. The minimum Gasteiger partial charge on any atom is -0.352 e. The van der Waals surface area contributed by atoms with Gasteiger partial charge in [0, 0.05) is 25.0 Å². The second-order valence-corrected chi connectivity index (χ2v) is 5.18. The van der Waals surface area contributed by atoms with Gasteiger partial charge in [-0.1, -0.05) is 20.8 Å². The molecule has 0 bridgehead atoms. The summed E-state index contributed by atoms with van der Waals surface area (Å²) < 4.78 is 2.11. The summed E-state index contributed by atoms with van der Waals surface area (Å²) in [4.78, 5) is 4.33. The lowest BCUT2D eigenvalue weighted by Crippen LogP contribution is -2.36. The van der Waals surface area contributed by atoms with E-state index in [2.05, 4.69) is 42.6 Å². The van der Waals surface area contributed by atoms with Crippen molar-refractivity contribution in [3.8, 4) is 0 Å². The van der Waals surface area contributed by atoms with Crippen LogP contribution in [0.5, 0.6) is 0 Å². The first-order valence-corrected chi connectivity index (χ1v) is 5.96. The first kappa shape index (κ1) is 13.0. The molecule has 0 aliphatic rings. The Labute approximate surface area is 98.2 Å². The Morgan fingerprint density at radius 1 is 1.50 bits per heavy atom. The number of hydrogen-bond donors (Lipinski definition) is 2. The van der Waals surface area contributed by atoms with E-state index in [1.54, 1.807) is 0 Å². The van der Waals surface area contributed by atoms with Gasteiger partial charge in [0.05, 0.1) is 0 Å². The zero-order chi connectivity index (χ0) is 12.2. The van der Waals surface area contributed by atoms with Crippen molar-refractivity contribution in [1.29, 1.82) is 0 Å². The number of nitrogens with one attached hydrogen (secondary N) is 1.